The van der Waals surface area contributed by atoms with Crippen LogP contribution in [0.25, 0.3) is 0 Å². The van der Waals surface area contributed by atoms with Crippen molar-refractivity contribution in [2.45, 2.75) is 39.3 Å². The van der Waals surface area contributed by atoms with Crippen LogP contribution in [0.15, 0.2) is 29.3 Å². The number of hydrogen-bond acceptors (Lipinski definition) is 5. The van der Waals surface area contributed by atoms with Crippen molar-refractivity contribution in [2.75, 3.05) is 24.5 Å². The second-order valence-electron chi connectivity index (χ2n) is 6.50. The maximum Gasteiger partial charge on any atom is 0.285 e. The van der Waals surface area contributed by atoms with Gasteiger partial charge in [0.1, 0.15) is 5.02 Å². The van der Waals surface area contributed by atoms with Crippen LogP contribution in [0.2, 0.25) is 5.02 Å². The van der Waals surface area contributed by atoms with E-state index >= 15 is 0 Å². The summed E-state index contributed by atoms with van der Waals surface area (Å²) in [6.45, 7) is 9.12. The number of aryl methyl sites for hydroxylation is 1. The average Bonchev–Trinajstić information content (AvgIpc) is 2.63. The molecule has 2 atom stereocenters. The van der Waals surface area contributed by atoms with Gasteiger partial charge in [0.15, 0.2) is 0 Å². The maximum absolute atomic E-state index is 11.7. The molecule has 0 spiro atoms. The quantitative estimate of drug-likeness (QED) is 0.906. The molecule has 0 amide bonds. The molecule has 3 heterocycles. The SMILES string of the molecule is CCc1ncccc1[C@@H](C)N1CCN(c2cn[nH]c(=O)c2Cl)[C@H](C)C1. The lowest BCUT2D eigenvalue weighted by Crippen LogP contribution is -2.53. The molecule has 0 radical (unpaired) electrons. The number of nitrogens with zero attached hydrogens (tertiary/aromatic N) is 4. The minimum absolute atomic E-state index is 0.212. The molecule has 1 saturated heterocycles. The molecule has 2 aromatic rings. The molecular formula is C18H24ClN5O. The molecule has 1 N–H and O–H groups in total. The zero-order valence-corrected chi connectivity index (χ0v) is 15.6. The lowest BCUT2D eigenvalue weighted by atomic mass is 10.0. The zero-order chi connectivity index (χ0) is 18.0. The second kappa shape index (κ2) is 7.54. The molecule has 3 rings (SSSR count). The molecule has 2 aromatic heterocycles. The van der Waals surface area contributed by atoms with Crippen molar-refractivity contribution in [1.82, 2.24) is 20.1 Å². The highest BCUT2D eigenvalue weighted by molar-refractivity contribution is 6.33. The molecule has 1 fully saturated rings. The van der Waals surface area contributed by atoms with Crippen LogP contribution in [0.5, 0.6) is 0 Å². The lowest BCUT2D eigenvalue weighted by Gasteiger charge is -2.43. The summed E-state index contributed by atoms with van der Waals surface area (Å²) in [6.07, 6.45) is 4.43. The third kappa shape index (κ3) is 3.55. The average molecular weight is 362 g/mol. The predicted molar refractivity (Wildman–Crippen MR) is 100 cm³/mol. The number of anilines is 1. The van der Waals surface area contributed by atoms with Crippen molar-refractivity contribution < 1.29 is 0 Å². The monoisotopic (exact) mass is 361 g/mol. The summed E-state index contributed by atoms with van der Waals surface area (Å²) >= 11 is 6.18. The number of aromatic nitrogens is 3. The Bertz CT molecular complexity index is 793. The topological polar surface area (TPSA) is 65.1 Å². The van der Waals surface area contributed by atoms with E-state index in [4.69, 9.17) is 11.6 Å². The van der Waals surface area contributed by atoms with Crippen LogP contribution in [0.3, 0.4) is 0 Å². The number of piperazine rings is 1. The summed E-state index contributed by atoms with van der Waals surface area (Å²) in [5.41, 5.74) is 2.82. The highest BCUT2D eigenvalue weighted by atomic mass is 35.5. The Morgan fingerprint density at radius 1 is 1.44 bits per heavy atom. The van der Waals surface area contributed by atoms with Gasteiger partial charge in [-0.1, -0.05) is 24.6 Å². The second-order valence-corrected chi connectivity index (χ2v) is 6.88. The van der Waals surface area contributed by atoms with Crippen LogP contribution in [0, 0.1) is 0 Å². The van der Waals surface area contributed by atoms with Gasteiger partial charge in [-0.3, -0.25) is 14.7 Å². The van der Waals surface area contributed by atoms with Gasteiger partial charge in [0.05, 0.1) is 11.9 Å². The van der Waals surface area contributed by atoms with Crippen LogP contribution in [0.4, 0.5) is 5.69 Å². The molecule has 0 aliphatic carbocycles. The Morgan fingerprint density at radius 2 is 2.24 bits per heavy atom. The first-order valence-electron chi connectivity index (χ1n) is 8.70. The zero-order valence-electron chi connectivity index (χ0n) is 14.9. The van der Waals surface area contributed by atoms with E-state index in [1.54, 1.807) is 6.20 Å². The van der Waals surface area contributed by atoms with Crippen molar-refractivity contribution in [3.05, 3.63) is 51.2 Å². The van der Waals surface area contributed by atoms with Crippen LogP contribution in [0.1, 0.15) is 38.1 Å². The van der Waals surface area contributed by atoms with Crippen LogP contribution in [-0.4, -0.2) is 45.8 Å². The van der Waals surface area contributed by atoms with E-state index in [1.807, 2.05) is 12.3 Å². The van der Waals surface area contributed by atoms with Crippen molar-refractivity contribution in [1.29, 1.82) is 0 Å². The van der Waals surface area contributed by atoms with Gasteiger partial charge in [0, 0.05) is 43.6 Å². The minimum atomic E-state index is -0.342. The Morgan fingerprint density at radius 3 is 2.96 bits per heavy atom. The van der Waals surface area contributed by atoms with Crippen molar-refractivity contribution in [2.24, 2.45) is 0 Å². The summed E-state index contributed by atoms with van der Waals surface area (Å²) in [5.74, 6) is 0. The molecule has 1 aliphatic heterocycles. The Kier molecular flexibility index (Phi) is 5.39. The van der Waals surface area contributed by atoms with Gasteiger partial charge in [0.2, 0.25) is 0 Å². The number of H-pyrrole nitrogens is 1. The Labute approximate surface area is 152 Å². The van der Waals surface area contributed by atoms with Crippen LogP contribution in [-0.2, 0) is 6.42 Å². The highest BCUT2D eigenvalue weighted by Gasteiger charge is 2.29. The first-order valence-corrected chi connectivity index (χ1v) is 9.08. The first-order chi connectivity index (χ1) is 12.0. The van der Waals surface area contributed by atoms with Crippen LogP contribution >= 0.6 is 11.6 Å². The van der Waals surface area contributed by atoms with E-state index in [-0.39, 0.29) is 16.6 Å². The molecule has 7 heteroatoms. The van der Waals surface area contributed by atoms with Crippen LogP contribution < -0.4 is 10.5 Å². The maximum atomic E-state index is 11.7. The minimum Gasteiger partial charge on any atom is -0.364 e. The van der Waals surface area contributed by atoms with Crippen molar-refractivity contribution >= 4 is 17.3 Å². The molecule has 134 valence electrons. The van der Waals surface area contributed by atoms with E-state index < -0.39 is 0 Å². The standard InChI is InChI=1S/C18H24ClN5O/c1-4-15-14(6-5-7-20-15)13(3)23-8-9-24(12(2)11-23)16-10-21-22-18(25)17(16)19/h5-7,10,12-13H,4,8-9,11H2,1-3H3,(H,22,25)/t12-,13-/m1/s1. The summed E-state index contributed by atoms with van der Waals surface area (Å²) in [6, 6.07) is 4.72. The lowest BCUT2D eigenvalue weighted by molar-refractivity contribution is 0.174. The smallest absolute Gasteiger partial charge is 0.285 e. The normalized spacial score (nSPS) is 19.8. The fraction of sp³-hybridized carbons (Fsp3) is 0.500. The number of aromatic amines is 1. The first kappa shape index (κ1) is 17.9. The Balaban J connectivity index is 1.77. The van der Waals surface area contributed by atoms with Gasteiger partial charge in [-0.15, -0.1) is 0 Å². The third-order valence-corrected chi connectivity index (χ3v) is 5.37. The number of pyridine rings is 1. The molecule has 0 bridgehead atoms. The largest absolute Gasteiger partial charge is 0.364 e. The Hall–Kier alpha value is -1.92. The molecule has 1 aliphatic rings. The molecule has 0 unspecified atom stereocenters. The van der Waals surface area contributed by atoms with Gasteiger partial charge < -0.3 is 4.90 Å². The van der Waals surface area contributed by atoms with E-state index in [0.717, 1.165) is 31.7 Å². The highest BCUT2D eigenvalue weighted by Crippen LogP contribution is 2.29. The van der Waals surface area contributed by atoms with Crippen molar-refractivity contribution in [3.8, 4) is 0 Å². The number of rotatable bonds is 4. The summed E-state index contributed by atoms with van der Waals surface area (Å²) in [7, 11) is 0. The number of nitrogens with one attached hydrogen (secondary N) is 1. The summed E-state index contributed by atoms with van der Waals surface area (Å²) in [4.78, 5) is 20.9. The molecule has 0 aromatic carbocycles. The molecule has 0 saturated carbocycles. The number of hydrogen-bond donors (Lipinski definition) is 1. The van der Waals surface area contributed by atoms with Gasteiger partial charge in [-0.05, 0) is 31.9 Å². The fourth-order valence-corrected chi connectivity index (χ4v) is 3.79. The molecule has 6 nitrogen and oxygen atoms in total. The fourth-order valence-electron chi connectivity index (χ4n) is 3.59. The van der Waals surface area contributed by atoms with Gasteiger partial charge in [0.25, 0.3) is 5.56 Å². The van der Waals surface area contributed by atoms with Gasteiger partial charge in [-0.2, -0.15) is 5.10 Å². The molecule has 25 heavy (non-hydrogen) atoms. The van der Waals surface area contributed by atoms with E-state index in [1.165, 1.54) is 5.56 Å². The summed E-state index contributed by atoms with van der Waals surface area (Å²) < 4.78 is 0. The number of halogens is 1. The van der Waals surface area contributed by atoms with E-state index in [2.05, 4.69) is 51.8 Å². The van der Waals surface area contributed by atoms with E-state index in [0.29, 0.717) is 11.7 Å². The van der Waals surface area contributed by atoms with Crippen molar-refractivity contribution in [3.63, 3.8) is 0 Å². The predicted octanol–water partition coefficient (Wildman–Crippen LogP) is 2.65. The van der Waals surface area contributed by atoms with E-state index in [9.17, 15) is 4.79 Å². The van der Waals surface area contributed by atoms with Gasteiger partial charge >= 0.3 is 0 Å². The van der Waals surface area contributed by atoms with Gasteiger partial charge in [-0.25, -0.2) is 5.10 Å². The molecular weight excluding hydrogens is 338 g/mol. The third-order valence-electron chi connectivity index (χ3n) is 5.00. The summed E-state index contributed by atoms with van der Waals surface area (Å²) in [5, 5.41) is 6.48.